The van der Waals surface area contributed by atoms with Crippen LogP contribution in [0.4, 0.5) is 5.69 Å². The van der Waals surface area contributed by atoms with E-state index in [4.69, 9.17) is 0 Å². The maximum absolute atomic E-state index is 12.1. The first-order chi connectivity index (χ1) is 9.58. The van der Waals surface area contributed by atoms with Gasteiger partial charge in [0.1, 0.15) is 0 Å². The van der Waals surface area contributed by atoms with Crippen LogP contribution in [0.1, 0.15) is 29.2 Å². The first kappa shape index (κ1) is 14.3. The van der Waals surface area contributed by atoms with Crippen LogP contribution in [0.5, 0.6) is 0 Å². The van der Waals surface area contributed by atoms with Gasteiger partial charge in [-0.3, -0.25) is 4.79 Å². The predicted molar refractivity (Wildman–Crippen MR) is 84.1 cm³/mol. The zero-order valence-electron chi connectivity index (χ0n) is 12.4. The minimum absolute atomic E-state index is 0.0292. The minimum atomic E-state index is 0.0292. The van der Waals surface area contributed by atoms with Gasteiger partial charge >= 0.3 is 0 Å². The van der Waals surface area contributed by atoms with E-state index in [1.807, 2.05) is 24.3 Å². The van der Waals surface area contributed by atoms with E-state index in [-0.39, 0.29) is 5.91 Å². The summed E-state index contributed by atoms with van der Waals surface area (Å²) < 4.78 is 0. The molecule has 1 N–H and O–H groups in total. The van der Waals surface area contributed by atoms with Crippen LogP contribution in [0.25, 0.3) is 0 Å². The summed E-state index contributed by atoms with van der Waals surface area (Å²) >= 11 is 0. The molecule has 0 spiro atoms. The molecule has 0 radical (unpaired) electrons. The van der Waals surface area contributed by atoms with Crippen LogP contribution < -0.4 is 5.32 Å². The van der Waals surface area contributed by atoms with Gasteiger partial charge in [0.2, 0.25) is 5.91 Å². The highest BCUT2D eigenvalue weighted by molar-refractivity contribution is 5.92. The highest BCUT2D eigenvalue weighted by Crippen LogP contribution is 2.13. The fourth-order valence-electron chi connectivity index (χ4n) is 2.17. The number of aryl methyl sites for hydroxylation is 3. The number of nitrogens with one attached hydrogen (secondary N) is 1. The van der Waals surface area contributed by atoms with Gasteiger partial charge in [-0.2, -0.15) is 0 Å². The summed E-state index contributed by atoms with van der Waals surface area (Å²) in [7, 11) is 0. The summed E-state index contributed by atoms with van der Waals surface area (Å²) in [6.45, 7) is 6.26. The SMILES string of the molecule is CCc1cccc(NC(=O)Cc2ccc(C)c(C)c2)c1. The van der Waals surface area contributed by atoms with E-state index in [0.29, 0.717) is 6.42 Å². The zero-order valence-corrected chi connectivity index (χ0v) is 12.4. The molecule has 2 nitrogen and oxygen atoms in total. The van der Waals surface area contributed by atoms with Crippen molar-refractivity contribution in [1.29, 1.82) is 0 Å². The fraction of sp³-hybridized carbons (Fsp3) is 0.278. The van der Waals surface area contributed by atoms with Crippen molar-refractivity contribution in [3.63, 3.8) is 0 Å². The standard InChI is InChI=1S/C18H21NO/c1-4-15-6-5-7-17(11-15)19-18(20)12-16-9-8-13(2)14(3)10-16/h5-11H,4,12H2,1-3H3,(H,19,20). The molecule has 0 aliphatic heterocycles. The Kier molecular flexibility index (Phi) is 4.57. The third-order valence-corrected chi connectivity index (χ3v) is 3.55. The monoisotopic (exact) mass is 267 g/mol. The number of amides is 1. The first-order valence-corrected chi connectivity index (χ1v) is 7.03. The largest absolute Gasteiger partial charge is 0.326 e. The number of anilines is 1. The number of carbonyl (C=O) groups excluding carboxylic acids is 1. The van der Waals surface area contributed by atoms with E-state index in [1.165, 1.54) is 16.7 Å². The number of hydrogen-bond acceptors (Lipinski definition) is 1. The summed E-state index contributed by atoms with van der Waals surface area (Å²) in [5.74, 6) is 0.0292. The minimum Gasteiger partial charge on any atom is -0.326 e. The van der Waals surface area contributed by atoms with Gasteiger partial charge in [-0.25, -0.2) is 0 Å². The number of rotatable bonds is 4. The van der Waals surface area contributed by atoms with Gasteiger partial charge < -0.3 is 5.32 Å². The lowest BCUT2D eigenvalue weighted by atomic mass is 10.0. The van der Waals surface area contributed by atoms with Gasteiger partial charge in [-0.1, -0.05) is 37.3 Å². The zero-order chi connectivity index (χ0) is 14.5. The number of hydrogen-bond donors (Lipinski definition) is 1. The number of carbonyl (C=O) groups is 1. The average molecular weight is 267 g/mol. The van der Waals surface area contributed by atoms with Crippen molar-refractivity contribution >= 4 is 11.6 Å². The van der Waals surface area contributed by atoms with Crippen LogP contribution in [0.3, 0.4) is 0 Å². The smallest absolute Gasteiger partial charge is 0.228 e. The number of benzene rings is 2. The van der Waals surface area contributed by atoms with Crippen LogP contribution in [0.15, 0.2) is 42.5 Å². The molecule has 0 aliphatic rings. The molecule has 0 aliphatic carbocycles. The van der Waals surface area contributed by atoms with Crippen molar-refractivity contribution in [3.05, 3.63) is 64.7 Å². The molecule has 1 amide bonds. The van der Waals surface area contributed by atoms with E-state index in [0.717, 1.165) is 17.7 Å². The van der Waals surface area contributed by atoms with Gasteiger partial charge in [0.25, 0.3) is 0 Å². The van der Waals surface area contributed by atoms with Gasteiger partial charge in [0.05, 0.1) is 6.42 Å². The second-order valence-corrected chi connectivity index (χ2v) is 5.20. The Hall–Kier alpha value is -2.09. The van der Waals surface area contributed by atoms with Crippen molar-refractivity contribution in [3.8, 4) is 0 Å². The van der Waals surface area contributed by atoms with Crippen LogP contribution >= 0.6 is 0 Å². The Labute approximate surface area is 120 Å². The van der Waals surface area contributed by atoms with Crippen LogP contribution in [-0.2, 0) is 17.6 Å². The third kappa shape index (κ3) is 3.70. The summed E-state index contributed by atoms with van der Waals surface area (Å²) in [6, 6.07) is 14.2. The lowest BCUT2D eigenvalue weighted by Gasteiger charge is -2.08. The van der Waals surface area contributed by atoms with Crippen LogP contribution in [-0.4, -0.2) is 5.91 Å². The lowest BCUT2D eigenvalue weighted by Crippen LogP contribution is -2.14. The quantitative estimate of drug-likeness (QED) is 0.889. The molecule has 2 aromatic rings. The predicted octanol–water partition coefficient (Wildman–Crippen LogP) is 4.05. The molecular weight excluding hydrogens is 246 g/mol. The van der Waals surface area contributed by atoms with Crippen molar-refractivity contribution in [1.82, 2.24) is 0 Å². The van der Waals surface area contributed by atoms with Crippen molar-refractivity contribution in [2.45, 2.75) is 33.6 Å². The Morgan fingerprint density at radius 3 is 2.50 bits per heavy atom. The van der Waals surface area contributed by atoms with Crippen molar-refractivity contribution < 1.29 is 4.79 Å². The van der Waals surface area contributed by atoms with Gasteiger partial charge in [0, 0.05) is 5.69 Å². The molecule has 2 rings (SSSR count). The maximum Gasteiger partial charge on any atom is 0.228 e. The van der Waals surface area contributed by atoms with Gasteiger partial charge in [0.15, 0.2) is 0 Å². The molecule has 2 heteroatoms. The van der Waals surface area contributed by atoms with E-state index >= 15 is 0 Å². The summed E-state index contributed by atoms with van der Waals surface area (Å²) in [5, 5.41) is 2.96. The average Bonchev–Trinajstić information content (AvgIpc) is 2.43. The van der Waals surface area contributed by atoms with Crippen molar-refractivity contribution in [2.75, 3.05) is 5.32 Å². The Bertz CT molecular complexity index is 617. The van der Waals surface area contributed by atoms with Crippen molar-refractivity contribution in [2.24, 2.45) is 0 Å². The van der Waals surface area contributed by atoms with Gasteiger partial charge in [-0.15, -0.1) is 0 Å². The molecule has 0 unspecified atom stereocenters. The molecule has 0 bridgehead atoms. The molecule has 0 heterocycles. The molecule has 104 valence electrons. The normalized spacial score (nSPS) is 10.3. The Morgan fingerprint density at radius 2 is 1.80 bits per heavy atom. The molecule has 2 aromatic carbocycles. The van der Waals surface area contributed by atoms with E-state index in [1.54, 1.807) is 0 Å². The highest BCUT2D eigenvalue weighted by atomic mass is 16.1. The molecule has 0 saturated carbocycles. The van der Waals surface area contributed by atoms with Gasteiger partial charge in [-0.05, 0) is 54.7 Å². The van der Waals surface area contributed by atoms with E-state index < -0.39 is 0 Å². The van der Waals surface area contributed by atoms with Crippen LogP contribution in [0.2, 0.25) is 0 Å². The van der Waals surface area contributed by atoms with E-state index in [9.17, 15) is 4.79 Å². The van der Waals surface area contributed by atoms with Crippen LogP contribution in [0, 0.1) is 13.8 Å². The topological polar surface area (TPSA) is 29.1 Å². The molecule has 0 aromatic heterocycles. The molecular formula is C18H21NO. The third-order valence-electron chi connectivity index (χ3n) is 3.55. The fourth-order valence-corrected chi connectivity index (χ4v) is 2.17. The second kappa shape index (κ2) is 6.38. The Balaban J connectivity index is 2.03. The summed E-state index contributed by atoms with van der Waals surface area (Å²) in [4.78, 5) is 12.1. The molecule has 20 heavy (non-hydrogen) atoms. The summed E-state index contributed by atoms with van der Waals surface area (Å²) in [6.07, 6.45) is 1.39. The molecule has 0 fully saturated rings. The molecule has 0 saturated heterocycles. The van der Waals surface area contributed by atoms with E-state index in [2.05, 4.69) is 44.3 Å². The summed E-state index contributed by atoms with van der Waals surface area (Å²) in [5.41, 5.74) is 5.64. The first-order valence-electron chi connectivity index (χ1n) is 7.03. The molecule has 0 atom stereocenters. The highest BCUT2D eigenvalue weighted by Gasteiger charge is 2.05. The maximum atomic E-state index is 12.1. The Morgan fingerprint density at radius 1 is 1.00 bits per heavy atom. The second-order valence-electron chi connectivity index (χ2n) is 5.20. The lowest BCUT2D eigenvalue weighted by molar-refractivity contribution is -0.115.